The lowest BCUT2D eigenvalue weighted by Crippen LogP contribution is -2.30. The normalized spacial score (nSPS) is 14.8. The Labute approximate surface area is 136 Å². The minimum atomic E-state index is -4.47. The molecule has 1 aromatic rings. The van der Waals surface area contributed by atoms with Gasteiger partial charge in [-0.25, -0.2) is 4.98 Å². The number of pyridine rings is 1. The highest BCUT2D eigenvalue weighted by Gasteiger charge is 2.32. The van der Waals surface area contributed by atoms with Gasteiger partial charge in [0.1, 0.15) is 5.03 Å². The first-order valence-electron chi connectivity index (χ1n) is 6.33. The number of nitrogens with one attached hydrogen (secondary N) is 2. The van der Waals surface area contributed by atoms with Crippen molar-refractivity contribution in [1.82, 2.24) is 15.6 Å². The van der Waals surface area contributed by atoms with Crippen LogP contribution in [0.3, 0.4) is 0 Å². The fraction of sp³-hybridized carbons (Fsp3) is 0.385. The van der Waals surface area contributed by atoms with Crippen LogP contribution in [0.2, 0.25) is 0 Å². The van der Waals surface area contributed by atoms with Gasteiger partial charge in [-0.15, -0.1) is 12.4 Å². The first-order chi connectivity index (χ1) is 9.96. The summed E-state index contributed by atoms with van der Waals surface area (Å²) < 4.78 is 37.3. The molecule has 0 unspecified atom stereocenters. The summed E-state index contributed by atoms with van der Waals surface area (Å²) in [5.74, 6) is -0.547. The fourth-order valence-electron chi connectivity index (χ4n) is 1.87. The third-order valence-electron chi connectivity index (χ3n) is 2.86. The van der Waals surface area contributed by atoms with E-state index in [1.54, 1.807) is 0 Å². The molecule has 0 bridgehead atoms. The number of amides is 1. The number of alkyl halides is 3. The highest BCUT2D eigenvalue weighted by atomic mass is 35.5. The minimum absolute atomic E-state index is 0. The molecular weight excluding hydrogens is 339 g/mol. The highest BCUT2D eigenvalue weighted by Crippen LogP contribution is 2.37. The van der Waals surface area contributed by atoms with Crippen LogP contribution >= 0.6 is 24.2 Å². The van der Waals surface area contributed by atoms with E-state index in [1.807, 2.05) is 6.08 Å². The van der Waals surface area contributed by atoms with Crippen LogP contribution in [0.25, 0.3) is 0 Å². The van der Waals surface area contributed by atoms with Crippen molar-refractivity contribution in [2.24, 2.45) is 0 Å². The van der Waals surface area contributed by atoms with Gasteiger partial charge in [0.15, 0.2) is 0 Å². The first-order valence-corrected chi connectivity index (χ1v) is 7.15. The average molecular weight is 354 g/mol. The zero-order chi connectivity index (χ0) is 15.3. The number of nitrogens with zero attached hydrogens (tertiary/aromatic N) is 1. The smallest absolute Gasteiger partial charge is 0.348 e. The summed E-state index contributed by atoms with van der Waals surface area (Å²) in [6, 6.07) is 2.78. The lowest BCUT2D eigenvalue weighted by Gasteiger charge is -2.15. The van der Waals surface area contributed by atoms with E-state index in [0.29, 0.717) is 6.54 Å². The Balaban J connectivity index is 0.00000242. The largest absolute Gasteiger partial charge is 0.447 e. The van der Waals surface area contributed by atoms with Crippen molar-refractivity contribution in [3.05, 3.63) is 35.5 Å². The van der Waals surface area contributed by atoms with Crippen molar-refractivity contribution in [3.8, 4) is 0 Å². The van der Waals surface area contributed by atoms with Crippen molar-refractivity contribution >= 4 is 30.1 Å². The lowest BCUT2D eigenvalue weighted by molar-refractivity contribution is -0.0329. The van der Waals surface area contributed by atoms with Crippen molar-refractivity contribution in [3.63, 3.8) is 0 Å². The van der Waals surface area contributed by atoms with Crippen LogP contribution in [0.4, 0.5) is 13.2 Å². The van der Waals surface area contributed by atoms with E-state index in [1.165, 1.54) is 18.3 Å². The molecule has 122 valence electrons. The Hall–Kier alpha value is -1.25. The maximum absolute atomic E-state index is 12.4. The van der Waals surface area contributed by atoms with Crippen molar-refractivity contribution < 1.29 is 18.0 Å². The van der Waals surface area contributed by atoms with E-state index in [4.69, 9.17) is 0 Å². The van der Waals surface area contributed by atoms with E-state index in [0.717, 1.165) is 25.1 Å². The summed E-state index contributed by atoms with van der Waals surface area (Å²) in [4.78, 5) is 15.7. The maximum Gasteiger partial charge on any atom is 0.447 e. The molecule has 1 aliphatic heterocycles. The standard InChI is InChI=1S/C13H14F3N3OS.ClH/c14-13(15,16)21-12-10(2-1-5-18-12)11(20)19-8-9-3-6-17-7-4-9;/h1-3,5,17H,4,6-8H2,(H,19,20);1H. The van der Waals surface area contributed by atoms with E-state index < -0.39 is 11.4 Å². The van der Waals surface area contributed by atoms with Gasteiger partial charge < -0.3 is 10.6 Å². The monoisotopic (exact) mass is 353 g/mol. The van der Waals surface area contributed by atoms with Gasteiger partial charge in [0, 0.05) is 31.0 Å². The van der Waals surface area contributed by atoms with E-state index in [2.05, 4.69) is 15.6 Å². The fourth-order valence-corrected chi connectivity index (χ4v) is 2.48. The molecule has 0 fully saturated rings. The Kier molecular flexibility index (Phi) is 7.18. The number of thioether (sulfide) groups is 1. The Bertz CT molecular complexity index is 552. The molecule has 4 nitrogen and oxygen atoms in total. The van der Waals surface area contributed by atoms with Crippen LogP contribution in [0, 0.1) is 0 Å². The molecule has 22 heavy (non-hydrogen) atoms. The molecule has 0 radical (unpaired) electrons. The molecule has 0 aromatic carbocycles. The van der Waals surface area contributed by atoms with Crippen LogP contribution in [0.15, 0.2) is 35.0 Å². The second kappa shape index (κ2) is 8.40. The van der Waals surface area contributed by atoms with Crippen molar-refractivity contribution in [2.75, 3.05) is 19.6 Å². The van der Waals surface area contributed by atoms with Gasteiger partial charge in [0.05, 0.1) is 5.56 Å². The molecule has 0 saturated heterocycles. The van der Waals surface area contributed by atoms with Gasteiger partial charge in [-0.1, -0.05) is 11.6 Å². The van der Waals surface area contributed by atoms with E-state index >= 15 is 0 Å². The topological polar surface area (TPSA) is 54.0 Å². The Morgan fingerprint density at radius 3 is 2.86 bits per heavy atom. The summed E-state index contributed by atoms with van der Waals surface area (Å²) in [7, 11) is 0. The quantitative estimate of drug-likeness (QED) is 0.645. The number of aromatic nitrogens is 1. The molecular formula is C13H15ClF3N3OS. The minimum Gasteiger partial charge on any atom is -0.348 e. The predicted octanol–water partition coefficient (Wildman–Crippen LogP) is 2.76. The number of carbonyl (C=O) groups is 1. The average Bonchev–Trinajstić information content (AvgIpc) is 2.45. The second-order valence-electron chi connectivity index (χ2n) is 4.40. The maximum atomic E-state index is 12.4. The highest BCUT2D eigenvalue weighted by molar-refractivity contribution is 8.00. The molecule has 1 amide bonds. The summed E-state index contributed by atoms with van der Waals surface area (Å²) >= 11 is -0.379. The SMILES string of the molecule is Cl.O=C(NCC1=CCNCC1)c1cccnc1SC(F)(F)F. The molecule has 0 spiro atoms. The van der Waals surface area contributed by atoms with Crippen LogP contribution in [0.5, 0.6) is 0 Å². The molecule has 0 aliphatic carbocycles. The van der Waals surface area contributed by atoms with Crippen molar-refractivity contribution in [2.45, 2.75) is 17.0 Å². The number of rotatable bonds is 4. The number of halogens is 4. The Morgan fingerprint density at radius 1 is 1.45 bits per heavy atom. The predicted molar refractivity (Wildman–Crippen MR) is 81.3 cm³/mol. The van der Waals surface area contributed by atoms with E-state index in [9.17, 15) is 18.0 Å². The molecule has 2 rings (SSSR count). The Morgan fingerprint density at radius 2 is 2.23 bits per heavy atom. The first kappa shape index (κ1) is 18.8. The van der Waals surface area contributed by atoms with Crippen LogP contribution in [0.1, 0.15) is 16.8 Å². The third kappa shape index (κ3) is 5.86. The third-order valence-corrected chi connectivity index (χ3v) is 3.61. The van der Waals surface area contributed by atoms with Gasteiger partial charge >= 0.3 is 5.51 Å². The molecule has 9 heteroatoms. The summed E-state index contributed by atoms with van der Waals surface area (Å²) in [6.45, 7) is 1.92. The lowest BCUT2D eigenvalue weighted by atomic mass is 10.1. The molecule has 1 aliphatic rings. The zero-order valence-electron chi connectivity index (χ0n) is 11.4. The van der Waals surface area contributed by atoms with Crippen LogP contribution < -0.4 is 10.6 Å². The molecule has 1 aromatic heterocycles. The molecule has 2 N–H and O–H groups in total. The van der Waals surface area contributed by atoms with Crippen molar-refractivity contribution in [1.29, 1.82) is 0 Å². The second-order valence-corrected chi connectivity index (χ2v) is 5.46. The molecule has 0 atom stereocenters. The van der Waals surface area contributed by atoms with Gasteiger partial charge in [-0.2, -0.15) is 13.2 Å². The number of carbonyl (C=O) groups excluding carboxylic acids is 1. The number of hydrogen-bond donors (Lipinski definition) is 2. The summed E-state index contributed by atoms with van der Waals surface area (Å²) in [6.07, 6.45) is 4.02. The number of hydrogen-bond acceptors (Lipinski definition) is 4. The van der Waals surface area contributed by atoms with E-state index in [-0.39, 0.29) is 34.8 Å². The summed E-state index contributed by atoms with van der Waals surface area (Å²) in [5.41, 5.74) is -3.47. The van der Waals surface area contributed by atoms with Crippen LogP contribution in [-0.2, 0) is 0 Å². The van der Waals surface area contributed by atoms with Gasteiger partial charge in [-0.3, -0.25) is 4.79 Å². The van der Waals surface area contributed by atoms with Gasteiger partial charge in [-0.05, 0) is 25.1 Å². The summed E-state index contributed by atoms with van der Waals surface area (Å²) in [5, 5.41) is 5.45. The molecule has 0 saturated carbocycles. The van der Waals surface area contributed by atoms with Gasteiger partial charge in [0.25, 0.3) is 5.91 Å². The van der Waals surface area contributed by atoms with Gasteiger partial charge in [0.2, 0.25) is 0 Å². The van der Waals surface area contributed by atoms with Crippen LogP contribution in [-0.4, -0.2) is 36.0 Å². The molecule has 2 heterocycles. The zero-order valence-corrected chi connectivity index (χ0v) is 13.1.